The van der Waals surface area contributed by atoms with Gasteiger partial charge in [-0.05, 0) is 17.2 Å². The van der Waals surface area contributed by atoms with Gasteiger partial charge in [-0.1, -0.05) is 12.1 Å². The van der Waals surface area contributed by atoms with E-state index in [2.05, 4.69) is 0 Å². The Hall–Kier alpha value is -1.55. The Morgan fingerprint density at radius 2 is 2.38 bits per heavy atom. The van der Waals surface area contributed by atoms with E-state index in [-0.39, 0.29) is 5.91 Å². The molecule has 0 unspecified atom stereocenters. The number of carbonyl (C=O) groups is 1. The summed E-state index contributed by atoms with van der Waals surface area (Å²) in [4.78, 5) is 16.4. The highest BCUT2D eigenvalue weighted by Crippen LogP contribution is 2.26. The molecule has 0 fully saturated rings. The lowest BCUT2D eigenvalue weighted by Gasteiger charge is -2.13. The van der Waals surface area contributed by atoms with Gasteiger partial charge in [0.15, 0.2) is 0 Å². The van der Waals surface area contributed by atoms with E-state index >= 15 is 0 Å². The van der Waals surface area contributed by atoms with Gasteiger partial charge in [0.05, 0.1) is 20.1 Å². The fourth-order valence-electron chi connectivity index (χ4n) is 1.74. The monoisotopic (exact) mass is 221 g/mol. The third kappa shape index (κ3) is 2.17. The van der Waals surface area contributed by atoms with Crippen LogP contribution in [-0.4, -0.2) is 31.7 Å². The number of fused-ring (bicyclic) bond motifs is 1. The predicted octanol–water partition coefficient (Wildman–Crippen LogP) is 1.18. The van der Waals surface area contributed by atoms with E-state index in [1.807, 2.05) is 18.2 Å². The molecule has 1 aliphatic heterocycles. The van der Waals surface area contributed by atoms with Crippen LogP contribution in [0.3, 0.4) is 0 Å². The Morgan fingerprint density at radius 3 is 3.12 bits per heavy atom. The average molecular weight is 221 g/mol. The molecule has 0 saturated heterocycles. The summed E-state index contributed by atoms with van der Waals surface area (Å²) >= 11 is 0. The zero-order chi connectivity index (χ0) is 11.5. The van der Waals surface area contributed by atoms with Crippen molar-refractivity contribution in [2.45, 2.75) is 12.8 Å². The van der Waals surface area contributed by atoms with Crippen LogP contribution in [0.2, 0.25) is 0 Å². The summed E-state index contributed by atoms with van der Waals surface area (Å²) < 4.78 is 5.41. The molecule has 2 rings (SSSR count). The standard InChI is InChI=1S/C12H15NO3/c1-13(15-2)12(14)8-9-3-4-11-10(7-9)5-6-16-11/h3-4,7H,5-6,8H2,1-2H3. The molecule has 0 spiro atoms. The van der Waals surface area contributed by atoms with Crippen molar-refractivity contribution in [3.05, 3.63) is 29.3 Å². The molecule has 0 N–H and O–H groups in total. The number of hydrogen-bond acceptors (Lipinski definition) is 3. The molecule has 0 aromatic heterocycles. The van der Waals surface area contributed by atoms with Crippen molar-refractivity contribution in [2.75, 3.05) is 20.8 Å². The zero-order valence-electron chi connectivity index (χ0n) is 9.53. The van der Waals surface area contributed by atoms with E-state index in [0.717, 1.165) is 24.3 Å². The maximum Gasteiger partial charge on any atom is 0.250 e. The number of rotatable bonds is 3. The van der Waals surface area contributed by atoms with Gasteiger partial charge >= 0.3 is 0 Å². The van der Waals surface area contributed by atoms with Crippen LogP contribution in [0.4, 0.5) is 0 Å². The Morgan fingerprint density at radius 1 is 1.56 bits per heavy atom. The SMILES string of the molecule is CON(C)C(=O)Cc1ccc2c(c1)CCO2. The van der Waals surface area contributed by atoms with Crippen LogP contribution < -0.4 is 4.74 Å². The van der Waals surface area contributed by atoms with E-state index in [4.69, 9.17) is 9.57 Å². The number of carbonyl (C=O) groups excluding carboxylic acids is 1. The van der Waals surface area contributed by atoms with E-state index in [1.165, 1.54) is 17.7 Å². The van der Waals surface area contributed by atoms with Crippen LogP contribution in [0, 0.1) is 0 Å². The molecule has 1 aromatic carbocycles. The van der Waals surface area contributed by atoms with Crippen molar-refractivity contribution in [2.24, 2.45) is 0 Å². The normalized spacial score (nSPS) is 13.1. The maximum absolute atomic E-state index is 11.6. The third-order valence-electron chi connectivity index (χ3n) is 2.73. The van der Waals surface area contributed by atoms with Crippen molar-refractivity contribution in [1.82, 2.24) is 5.06 Å². The van der Waals surface area contributed by atoms with Gasteiger partial charge in [-0.25, -0.2) is 5.06 Å². The van der Waals surface area contributed by atoms with Gasteiger partial charge < -0.3 is 4.74 Å². The van der Waals surface area contributed by atoms with Gasteiger partial charge in [0.25, 0.3) is 0 Å². The molecule has 1 amide bonds. The van der Waals surface area contributed by atoms with Gasteiger partial charge in [0, 0.05) is 13.5 Å². The lowest BCUT2D eigenvalue weighted by atomic mass is 10.1. The van der Waals surface area contributed by atoms with Crippen LogP contribution in [0.25, 0.3) is 0 Å². The van der Waals surface area contributed by atoms with Gasteiger partial charge in [-0.15, -0.1) is 0 Å². The minimum Gasteiger partial charge on any atom is -0.493 e. The predicted molar refractivity (Wildman–Crippen MR) is 59.1 cm³/mol. The molecule has 1 aromatic rings. The first-order valence-corrected chi connectivity index (χ1v) is 5.26. The molecule has 1 aliphatic rings. The molecule has 86 valence electrons. The van der Waals surface area contributed by atoms with E-state index < -0.39 is 0 Å². The molecule has 0 saturated carbocycles. The van der Waals surface area contributed by atoms with Gasteiger partial charge in [-0.3, -0.25) is 9.63 Å². The molecule has 4 nitrogen and oxygen atoms in total. The van der Waals surface area contributed by atoms with Crippen molar-refractivity contribution >= 4 is 5.91 Å². The second-order valence-corrected chi connectivity index (χ2v) is 3.79. The number of benzene rings is 1. The minimum absolute atomic E-state index is 0.0543. The molecule has 0 atom stereocenters. The van der Waals surface area contributed by atoms with Gasteiger partial charge in [0.2, 0.25) is 5.91 Å². The lowest BCUT2D eigenvalue weighted by Crippen LogP contribution is -2.26. The summed E-state index contributed by atoms with van der Waals surface area (Å²) in [5.41, 5.74) is 2.18. The second kappa shape index (κ2) is 4.53. The first kappa shape index (κ1) is 11.0. The highest BCUT2D eigenvalue weighted by molar-refractivity contribution is 5.77. The summed E-state index contributed by atoms with van der Waals surface area (Å²) in [5.74, 6) is 0.887. The van der Waals surface area contributed by atoms with E-state index in [1.54, 1.807) is 7.05 Å². The molecule has 4 heteroatoms. The summed E-state index contributed by atoms with van der Waals surface area (Å²) in [7, 11) is 3.09. The van der Waals surface area contributed by atoms with Crippen molar-refractivity contribution in [1.29, 1.82) is 0 Å². The topological polar surface area (TPSA) is 38.8 Å². The average Bonchev–Trinajstić information content (AvgIpc) is 2.75. The molecule has 0 bridgehead atoms. The van der Waals surface area contributed by atoms with Gasteiger partial charge in [-0.2, -0.15) is 0 Å². The zero-order valence-corrected chi connectivity index (χ0v) is 9.53. The molecule has 16 heavy (non-hydrogen) atoms. The number of nitrogens with zero attached hydrogens (tertiary/aromatic N) is 1. The first-order chi connectivity index (χ1) is 7.70. The Labute approximate surface area is 94.7 Å². The maximum atomic E-state index is 11.6. The van der Waals surface area contributed by atoms with E-state index in [9.17, 15) is 4.79 Å². The van der Waals surface area contributed by atoms with Crippen LogP contribution in [-0.2, 0) is 22.5 Å². The molecule has 1 heterocycles. The summed E-state index contributed by atoms with van der Waals surface area (Å²) in [6.45, 7) is 0.741. The Balaban J connectivity index is 2.08. The van der Waals surface area contributed by atoms with Crippen molar-refractivity contribution in [3.8, 4) is 5.75 Å². The largest absolute Gasteiger partial charge is 0.493 e. The summed E-state index contributed by atoms with van der Waals surface area (Å²) in [6.07, 6.45) is 1.29. The van der Waals surface area contributed by atoms with Crippen LogP contribution in [0.1, 0.15) is 11.1 Å². The smallest absolute Gasteiger partial charge is 0.250 e. The number of amides is 1. The highest BCUT2D eigenvalue weighted by Gasteiger charge is 2.14. The first-order valence-electron chi connectivity index (χ1n) is 5.26. The fraction of sp³-hybridized carbons (Fsp3) is 0.417. The summed E-state index contributed by atoms with van der Waals surface area (Å²) in [5, 5.41) is 1.24. The third-order valence-corrected chi connectivity index (χ3v) is 2.73. The Bertz CT molecular complexity index is 403. The molecular weight excluding hydrogens is 206 g/mol. The van der Waals surface area contributed by atoms with Crippen molar-refractivity contribution in [3.63, 3.8) is 0 Å². The highest BCUT2D eigenvalue weighted by atomic mass is 16.7. The molecule has 0 radical (unpaired) electrons. The minimum atomic E-state index is -0.0543. The molecular formula is C12H15NO3. The fourth-order valence-corrected chi connectivity index (χ4v) is 1.74. The van der Waals surface area contributed by atoms with Crippen LogP contribution in [0.15, 0.2) is 18.2 Å². The molecule has 0 aliphatic carbocycles. The number of ether oxygens (including phenoxy) is 1. The summed E-state index contributed by atoms with van der Waals surface area (Å²) in [6, 6.07) is 5.88. The quantitative estimate of drug-likeness (QED) is 0.719. The van der Waals surface area contributed by atoms with Crippen molar-refractivity contribution < 1.29 is 14.4 Å². The number of hydroxylamine groups is 2. The van der Waals surface area contributed by atoms with Gasteiger partial charge in [0.1, 0.15) is 5.75 Å². The number of hydrogen-bond donors (Lipinski definition) is 0. The second-order valence-electron chi connectivity index (χ2n) is 3.79. The lowest BCUT2D eigenvalue weighted by molar-refractivity contribution is -0.167. The Kier molecular flexibility index (Phi) is 3.10. The number of likely N-dealkylation sites (N-methyl/N-ethyl adjacent to an activating group) is 1. The van der Waals surface area contributed by atoms with Crippen LogP contribution >= 0.6 is 0 Å². The van der Waals surface area contributed by atoms with Crippen LogP contribution in [0.5, 0.6) is 5.75 Å². The van der Waals surface area contributed by atoms with E-state index in [0.29, 0.717) is 6.42 Å².